The van der Waals surface area contributed by atoms with E-state index in [1.165, 1.54) is 20.3 Å². The minimum absolute atomic E-state index is 0.0668. The highest BCUT2D eigenvalue weighted by Crippen LogP contribution is 2.42. The number of amides is 2. The van der Waals surface area contributed by atoms with E-state index in [1.807, 2.05) is 19.9 Å². The maximum absolute atomic E-state index is 12.9. The number of methoxy groups -OCH3 is 2. The van der Waals surface area contributed by atoms with Gasteiger partial charge in [-0.1, -0.05) is 37.6 Å². The van der Waals surface area contributed by atoms with Gasteiger partial charge in [0.2, 0.25) is 0 Å². The molecule has 0 fully saturated rings. The number of hydrogen-bond donors (Lipinski definition) is 5. The number of aliphatic hydroxyl groups excluding tert-OH is 1. The highest BCUT2D eigenvalue weighted by atomic mass is 35.5. The molecule has 2 amide bonds. The third-order valence-electron chi connectivity index (χ3n) is 7.09. The van der Waals surface area contributed by atoms with E-state index in [1.54, 1.807) is 19.9 Å². The molecule has 39 heavy (non-hydrogen) atoms. The van der Waals surface area contributed by atoms with Gasteiger partial charge in [-0.3, -0.25) is 4.79 Å². The Morgan fingerprint density at radius 2 is 1.77 bits per heavy atom. The van der Waals surface area contributed by atoms with Gasteiger partial charge >= 0.3 is 6.09 Å². The lowest BCUT2D eigenvalue weighted by molar-refractivity contribution is -0.112. The number of rotatable bonds is 3. The largest absolute Gasteiger partial charge is 0.506 e. The quantitative estimate of drug-likeness (QED) is 0.203. The van der Waals surface area contributed by atoms with Gasteiger partial charge in [-0.05, 0) is 62.7 Å². The Bertz CT molecular complexity index is 1090. The molecule has 0 unspecified atom stereocenters. The molecule has 0 spiro atoms. The Morgan fingerprint density at radius 3 is 2.36 bits per heavy atom. The number of halogens is 1. The molecule has 1 aromatic rings. The highest BCUT2D eigenvalue weighted by molar-refractivity contribution is 6.34. The van der Waals surface area contributed by atoms with Gasteiger partial charge in [-0.2, -0.15) is 0 Å². The molecule has 0 saturated carbocycles. The average Bonchev–Trinajstić information content (AvgIpc) is 2.88. The summed E-state index contributed by atoms with van der Waals surface area (Å²) in [5, 5.41) is 34.6. The monoisotopic (exact) mass is 568 g/mol. The molecular weight excluding hydrogens is 528 g/mol. The van der Waals surface area contributed by atoms with Crippen LogP contribution in [0.1, 0.15) is 52.5 Å². The second kappa shape index (κ2) is 14.6. The number of benzene rings is 1. The summed E-state index contributed by atoms with van der Waals surface area (Å²) in [5.74, 6) is -1.65. The smallest absolute Gasteiger partial charge is 0.405 e. The number of ether oxygens (including phenoxy) is 3. The summed E-state index contributed by atoms with van der Waals surface area (Å²) in [6.45, 7) is 7.16. The molecular formula is C28H41ClN2O8. The van der Waals surface area contributed by atoms with Crippen LogP contribution in [0.25, 0.3) is 0 Å². The number of aromatic hydroxyl groups is 2. The van der Waals surface area contributed by atoms with Crippen LogP contribution >= 0.6 is 11.6 Å². The molecule has 10 nitrogen and oxygen atoms in total. The maximum Gasteiger partial charge on any atom is 0.405 e. The fourth-order valence-corrected chi connectivity index (χ4v) is 5.09. The van der Waals surface area contributed by atoms with Gasteiger partial charge in [-0.25, -0.2) is 4.79 Å². The molecule has 11 heteroatoms. The molecule has 6 N–H and O–H groups in total. The van der Waals surface area contributed by atoms with E-state index >= 15 is 0 Å². The van der Waals surface area contributed by atoms with Gasteiger partial charge in [0.25, 0.3) is 5.91 Å². The summed E-state index contributed by atoms with van der Waals surface area (Å²) in [4.78, 5) is 24.6. The third kappa shape index (κ3) is 8.60. The molecule has 2 bridgehead atoms. The van der Waals surface area contributed by atoms with Crippen LogP contribution in [-0.2, 0) is 25.4 Å². The van der Waals surface area contributed by atoms with Crippen LogP contribution in [0, 0.1) is 11.8 Å². The maximum atomic E-state index is 12.9. The Morgan fingerprint density at radius 1 is 1.13 bits per heavy atom. The van der Waals surface area contributed by atoms with Crippen LogP contribution in [-0.4, -0.2) is 66.0 Å². The Hall–Kier alpha value is -2.79. The van der Waals surface area contributed by atoms with Gasteiger partial charge in [-0.15, -0.1) is 0 Å². The number of fused-ring (bicyclic) bond motifs is 2. The van der Waals surface area contributed by atoms with Gasteiger partial charge in [0.05, 0.1) is 24.0 Å². The molecule has 1 aliphatic rings. The van der Waals surface area contributed by atoms with E-state index in [-0.39, 0.29) is 28.3 Å². The van der Waals surface area contributed by atoms with Gasteiger partial charge in [0.1, 0.15) is 10.8 Å². The predicted octanol–water partition coefficient (Wildman–Crippen LogP) is 4.44. The first-order valence-corrected chi connectivity index (χ1v) is 13.3. The van der Waals surface area contributed by atoms with E-state index in [0.29, 0.717) is 42.4 Å². The van der Waals surface area contributed by atoms with Crippen LogP contribution in [0.2, 0.25) is 5.02 Å². The highest BCUT2D eigenvalue weighted by Gasteiger charge is 2.30. The number of primary amides is 1. The fourth-order valence-electron chi connectivity index (χ4n) is 4.87. The van der Waals surface area contributed by atoms with E-state index in [2.05, 4.69) is 5.32 Å². The Balaban J connectivity index is 2.55. The molecule has 1 heterocycles. The number of hydrogen-bond acceptors (Lipinski definition) is 8. The molecule has 6 atom stereocenters. The number of allylic oxidation sites excluding steroid dienone is 1. The van der Waals surface area contributed by atoms with E-state index in [9.17, 15) is 24.9 Å². The van der Waals surface area contributed by atoms with Crippen molar-refractivity contribution in [3.05, 3.63) is 40.0 Å². The van der Waals surface area contributed by atoms with E-state index in [0.717, 1.165) is 0 Å². The first-order chi connectivity index (χ1) is 18.3. The Kier molecular flexibility index (Phi) is 12.1. The zero-order chi connectivity index (χ0) is 29.4. The Labute approximate surface area is 234 Å². The minimum Gasteiger partial charge on any atom is -0.506 e. The number of carbonyl (C=O) groups excluding carboxylic acids is 2. The summed E-state index contributed by atoms with van der Waals surface area (Å²) in [7, 11) is 3.00. The van der Waals surface area contributed by atoms with Crippen LogP contribution < -0.4 is 11.1 Å². The van der Waals surface area contributed by atoms with Crippen molar-refractivity contribution >= 4 is 29.3 Å². The van der Waals surface area contributed by atoms with Gasteiger partial charge < -0.3 is 40.6 Å². The number of carbonyl (C=O) groups is 2. The van der Waals surface area contributed by atoms with Crippen LogP contribution in [0.4, 0.5) is 10.5 Å². The molecule has 2 rings (SSSR count). The van der Waals surface area contributed by atoms with Crippen LogP contribution in [0.15, 0.2) is 29.4 Å². The topological polar surface area (TPSA) is 161 Å². The van der Waals surface area contributed by atoms with Crippen molar-refractivity contribution in [2.24, 2.45) is 17.6 Å². The van der Waals surface area contributed by atoms with Crippen molar-refractivity contribution in [2.75, 3.05) is 19.5 Å². The number of nitrogens with one attached hydrogen (secondary N) is 1. The summed E-state index contributed by atoms with van der Waals surface area (Å²) in [5.41, 5.74) is 6.87. The lowest BCUT2D eigenvalue weighted by Gasteiger charge is -2.30. The molecule has 0 radical (unpaired) electrons. The number of aliphatic hydroxyl groups is 1. The molecule has 218 valence electrons. The first-order valence-electron chi connectivity index (χ1n) is 12.9. The standard InChI is InChI=1S/C28H41ClN2O8/c1-14-10-18-13-19(25(34)22(29)24(18)33)31-27(35)15(2)8-7-9-20(37-5)26(39-28(30)36)17(4)12-16(3)23(32)21(11-14)38-6/h8,12-14,16,20-21,23,26,32-34H,7,9-11H2,1-6H3,(H2,30,36)(H,31,35)/b15-8+,17-12+/t14-,16+,20+,21+,23-,26+/m1/s1. The molecule has 0 saturated heterocycles. The van der Waals surface area contributed by atoms with Crippen molar-refractivity contribution < 1.29 is 39.1 Å². The van der Waals surface area contributed by atoms with Crippen molar-refractivity contribution in [2.45, 2.75) is 77.8 Å². The fraction of sp³-hybridized carbons (Fsp3) is 0.571. The molecule has 0 aromatic heterocycles. The number of phenolic OH excluding ortho intramolecular Hbond substituents is 2. The van der Waals surface area contributed by atoms with E-state index in [4.69, 9.17) is 31.5 Å². The first kappa shape index (κ1) is 32.4. The van der Waals surface area contributed by atoms with Gasteiger partial charge in [0.15, 0.2) is 11.9 Å². The van der Waals surface area contributed by atoms with Crippen molar-refractivity contribution in [1.29, 1.82) is 0 Å². The van der Waals surface area contributed by atoms with Crippen molar-refractivity contribution in [3.63, 3.8) is 0 Å². The molecule has 1 aliphatic heterocycles. The summed E-state index contributed by atoms with van der Waals surface area (Å²) in [6.07, 6.45) is 1.26. The summed E-state index contributed by atoms with van der Waals surface area (Å²) < 4.78 is 16.6. The molecule has 1 aromatic carbocycles. The zero-order valence-electron chi connectivity index (χ0n) is 23.4. The van der Waals surface area contributed by atoms with Crippen LogP contribution in [0.3, 0.4) is 0 Å². The van der Waals surface area contributed by atoms with Gasteiger partial charge in [0, 0.05) is 25.7 Å². The normalized spacial score (nSPS) is 30.4. The number of phenols is 2. The molecule has 0 aliphatic carbocycles. The minimum atomic E-state index is -0.959. The summed E-state index contributed by atoms with van der Waals surface area (Å²) >= 11 is 6.19. The predicted molar refractivity (Wildman–Crippen MR) is 149 cm³/mol. The van der Waals surface area contributed by atoms with Crippen LogP contribution in [0.5, 0.6) is 11.5 Å². The second-order valence-electron chi connectivity index (χ2n) is 10.2. The number of anilines is 1. The van der Waals surface area contributed by atoms with E-state index < -0.39 is 42.2 Å². The SMILES string of the molecule is CO[C@H]1C[C@H](C)Cc2cc(c(O)c(Cl)c2O)NC(=O)/C(C)=C/CC[C@H](OC)[C@@H](OC(N)=O)/C(C)=C/[C@H](C)[C@H]1O. The second-order valence-corrected chi connectivity index (χ2v) is 10.6. The average molecular weight is 569 g/mol. The lowest BCUT2D eigenvalue weighted by atomic mass is 9.88. The third-order valence-corrected chi connectivity index (χ3v) is 7.44. The number of nitrogens with two attached hydrogens (primary N) is 1. The summed E-state index contributed by atoms with van der Waals surface area (Å²) in [6, 6.07) is 1.49. The van der Waals surface area contributed by atoms with Crippen molar-refractivity contribution in [1.82, 2.24) is 0 Å². The zero-order valence-corrected chi connectivity index (χ0v) is 24.1. The van der Waals surface area contributed by atoms with Crippen molar-refractivity contribution in [3.8, 4) is 11.5 Å². The lowest BCUT2D eigenvalue weighted by Crippen LogP contribution is -2.37.